The molecule has 0 saturated heterocycles. The molecule has 0 radical (unpaired) electrons. The van der Waals surface area contributed by atoms with Crippen molar-refractivity contribution in [3.05, 3.63) is 108 Å². The van der Waals surface area contributed by atoms with Crippen LogP contribution in [0.4, 0.5) is 0 Å². The summed E-state index contributed by atoms with van der Waals surface area (Å²) in [7, 11) is 0. The Balaban J connectivity index is -0.000000269. The van der Waals surface area contributed by atoms with Crippen LogP contribution in [0.1, 0.15) is 148 Å². The maximum absolute atomic E-state index is 10.6. The van der Waals surface area contributed by atoms with Gasteiger partial charge >= 0.3 is 59.7 Å². The number of benzene rings is 3. The number of aliphatic carboxylic acids is 10. The molecule has 0 bridgehead atoms. The van der Waals surface area contributed by atoms with E-state index in [1.54, 1.807) is 0 Å². The standard InChI is InChI=1S/C11H12N2O2.2C9H11NO2.C6H14N4O2.3C6H14N2O2.3C6H13NO2/c12-9(11(14)15)5-7-6-13-10-4-2-1-3-8(7)10;2*10-8(9(11)12)6-7-4-2-1-3-5-7;7-4(5(11)12)2-1-3-10-6(8)9;3*7-4-2-1-3-5(8)6(9)10;1-4(2)3-5(7)6(8)9;2*1-3-4(2)5(7)6(8)9/h1-4,6,9,13H,5,12H2,(H,14,15);2*1-5,8H,6,10H2,(H,11,12);4H,1-3,7H2,(H,11,12)(H4,8,9,10);3*5H,1-4,7-8H2,(H,9,10);3*4-5H,3,7H2,1-2H3,(H,8,9)/t9-;2*8-;4-;4*5-;2*4-,5-/m0000000000/s1. The van der Waals surface area contributed by atoms with Gasteiger partial charge in [0.1, 0.15) is 60.4 Å². The summed E-state index contributed by atoms with van der Waals surface area (Å²) in [6.45, 7) is 13.6. The minimum Gasteiger partial charge on any atom is -0.480 e. The number of rotatable bonds is 38. The number of carboxylic acids is 10. The Kier molecular flexibility index (Phi) is 69.2. The van der Waals surface area contributed by atoms with Crippen LogP contribution in [0.3, 0.4) is 0 Å². The number of aromatic nitrogens is 1. The maximum atomic E-state index is 10.6. The summed E-state index contributed by atoms with van der Waals surface area (Å²) in [6.07, 6.45) is 12.6. The number of aliphatic imine (C=N–C) groups is 1. The monoisotopic (exact) mass is 1540 g/mol. The van der Waals surface area contributed by atoms with E-state index in [9.17, 15) is 47.9 Å². The fourth-order valence-electron chi connectivity index (χ4n) is 7.68. The van der Waals surface area contributed by atoms with Crippen molar-refractivity contribution in [2.45, 2.75) is 211 Å². The lowest BCUT2D eigenvalue weighted by molar-refractivity contribution is -0.140. The van der Waals surface area contributed by atoms with E-state index in [2.05, 4.69) is 9.98 Å². The lowest BCUT2D eigenvalue weighted by atomic mass is 10.0. The van der Waals surface area contributed by atoms with E-state index in [-0.39, 0.29) is 17.8 Å². The van der Waals surface area contributed by atoms with Crippen LogP contribution in [0, 0.1) is 17.8 Å². The van der Waals surface area contributed by atoms with Gasteiger partial charge in [-0.25, -0.2) is 0 Å². The first-order chi connectivity index (χ1) is 50.4. The predicted octanol–water partition coefficient (Wildman–Crippen LogP) is 0.771. The molecule has 0 spiro atoms. The van der Waals surface area contributed by atoms with Gasteiger partial charge in [0.2, 0.25) is 0 Å². The first-order valence-corrected chi connectivity index (χ1v) is 35.0. The Morgan fingerprint density at radius 3 is 0.907 bits per heavy atom. The normalized spacial score (nSPS) is 13.4. The lowest BCUT2D eigenvalue weighted by Gasteiger charge is -2.11. The molecule has 0 fully saturated rings. The average Bonchev–Trinajstić information content (AvgIpc) is 1.69. The summed E-state index contributed by atoms with van der Waals surface area (Å²) in [5.41, 5.74) is 82.4. The van der Waals surface area contributed by atoms with Crippen molar-refractivity contribution in [2.75, 3.05) is 26.2 Å². The molecule has 108 heavy (non-hydrogen) atoms. The molecule has 618 valence electrons. The second-order valence-electron chi connectivity index (χ2n) is 24.9. The third kappa shape index (κ3) is 65.0. The zero-order valence-electron chi connectivity index (χ0n) is 63.2. The molecule has 41 N–H and O–H groups in total. The third-order valence-corrected chi connectivity index (χ3v) is 14.9. The number of fused-ring (bicyclic) bond motifs is 1. The second-order valence-corrected chi connectivity index (χ2v) is 24.9. The first kappa shape index (κ1) is 110. The number of unbranched alkanes of at least 4 members (excludes halogenated alkanes) is 3. The average molecular weight is 1540 g/mol. The molecular formula is C71H129N17O20. The predicted molar refractivity (Wildman–Crippen MR) is 415 cm³/mol. The van der Waals surface area contributed by atoms with Crippen molar-refractivity contribution < 1.29 is 99.0 Å². The molecule has 0 aliphatic carbocycles. The van der Waals surface area contributed by atoms with E-state index >= 15 is 0 Å². The van der Waals surface area contributed by atoms with Gasteiger partial charge in [0.15, 0.2) is 5.96 Å². The Morgan fingerprint density at radius 1 is 0.370 bits per heavy atom. The third-order valence-electron chi connectivity index (χ3n) is 14.9. The number of H-pyrrole nitrogens is 1. The van der Waals surface area contributed by atoms with E-state index in [0.29, 0.717) is 89.9 Å². The number of nitrogens with zero attached hydrogens (tertiary/aromatic N) is 1. The number of carbonyl (C=O) groups is 10. The van der Waals surface area contributed by atoms with E-state index in [0.717, 1.165) is 79.0 Å². The number of aromatic amines is 1. The van der Waals surface area contributed by atoms with Crippen LogP contribution in [0.2, 0.25) is 0 Å². The summed E-state index contributed by atoms with van der Waals surface area (Å²) >= 11 is 0. The van der Waals surface area contributed by atoms with Gasteiger partial charge < -0.3 is 142 Å². The SMILES string of the molecule is CC(C)C[C@H](N)C(=O)O.CC[C@H](C)[C@H](N)C(=O)O.CC[C@H](C)[C@H](N)C(=O)O.NC(N)=NCCC[C@H](N)C(=O)O.NCCCC[C@H](N)C(=O)O.NCCCC[C@H](N)C(=O)O.NCCCC[C@H](N)C(=O)O.N[C@@H](Cc1c[nH]c2ccccc12)C(=O)O.N[C@@H](Cc1ccccc1)C(=O)O.N[C@@H](Cc1ccccc1)C(=O)O. The molecule has 4 aromatic rings. The molecule has 12 atom stereocenters. The van der Waals surface area contributed by atoms with Crippen LogP contribution in [0.25, 0.3) is 10.9 Å². The number of guanidine groups is 1. The quantitative estimate of drug-likeness (QED) is 0.0167. The zero-order valence-corrected chi connectivity index (χ0v) is 63.2. The highest BCUT2D eigenvalue weighted by Gasteiger charge is 2.20. The van der Waals surface area contributed by atoms with E-state index in [1.807, 2.05) is 133 Å². The Labute approximate surface area is 632 Å². The Hall–Kier alpha value is -9.35. The van der Waals surface area contributed by atoms with Crippen molar-refractivity contribution >= 4 is 76.6 Å². The van der Waals surface area contributed by atoms with E-state index in [1.165, 1.54) is 0 Å². The van der Waals surface area contributed by atoms with Crippen molar-refractivity contribution in [1.82, 2.24) is 4.98 Å². The van der Waals surface area contributed by atoms with Gasteiger partial charge in [-0.2, -0.15) is 0 Å². The summed E-state index contributed by atoms with van der Waals surface area (Å²) in [4.78, 5) is 109. The summed E-state index contributed by atoms with van der Waals surface area (Å²) < 4.78 is 0. The summed E-state index contributed by atoms with van der Waals surface area (Å²) in [6, 6.07) is 18.9. The molecular weight excluding hydrogens is 1410 g/mol. The highest BCUT2D eigenvalue weighted by atomic mass is 16.4. The van der Waals surface area contributed by atoms with Gasteiger partial charge in [-0.05, 0) is 131 Å². The van der Waals surface area contributed by atoms with E-state index < -0.39 is 120 Å². The van der Waals surface area contributed by atoms with Crippen molar-refractivity contribution in [3.63, 3.8) is 0 Å². The molecule has 0 amide bonds. The van der Waals surface area contributed by atoms with Gasteiger partial charge in [0.05, 0.1) is 0 Å². The van der Waals surface area contributed by atoms with Crippen LogP contribution in [0.5, 0.6) is 0 Å². The summed E-state index contributed by atoms with van der Waals surface area (Å²) in [5, 5.41) is 85.2. The molecule has 0 unspecified atom stereocenters. The van der Waals surface area contributed by atoms with Crippen LogP contribution in [-0.4, -0.2) is 208 Å². The molecule has 4 rings (SSSR count). The van der Waals surface area contributed by atoms with Crippen LogP contribution in [-0.2, 0) is 67.2 Å². The fraction of sp³-hybridized carbons (Fsp3) is 0.563. The molecule has 1 heterocycles. The maximum Gasteiger partial charge on any atom is 0.320 e. The Bertz CT molecular complexity index is 2940. The van der Waals surface area contributed by atoms with E-state index in [4.69, 9.17) is 137 Å². The van der Waals surface area contributed by atoms with Crippen LogP contribution < -0.4 is 86.0 Å². The van der Waals surface area contributed by atoms with Gasteiger partial charge in [-0.1, -0.05) is 153 Å². The van der Waals surface area contributed by atoms with Crippen molar-refractivity contribution in [1.29, 1.82) is 0 Å². The van der Waals surface area contributed by atoms with Gasteiger partial charge in [-0.15, -0.1) is 0 Å². The number of hydrogen-bond donors (Lipinski definition) is 26. The first-order valence-electron chi connectivity index (χ1n) is 35.0. The Morgan fingerprint density at radius 2 is 0.657 bits per heavy atom. The lowest BCUT2D eigenvalue weighted by Crippen LogP contribution is -2.36. The fourth-order valence-corrected chi connectivity index (χ4v) is 7.68. The van der Waals surface area contributed by atoms with Crippen molar-refractivity contribution in [2.24, 2.45) is 109 Å². The minimum absolute atomic E-state index is 0.0129. The largest absolute Gasteiger partial charge is 0.480 e. The molecule has 37 nitrogen and oxygen atoms in total. The highest BCUT2D eigenvalue weighted by molar-refractivity contribution is 5.84. The minimum atomic E-state index is -1.00. The molecule has 0 saturated carbocycles. The number of para-hydroxylation sites is 1. The number of nitrogens with one attached hydrogen (secondary N) is 1. The number of carboxylic acid groups (broad SMARTS) is 10. The number of hydrogen-bond acceptors (Lipinski definition) is 24. The second kappa shape index (κ2) is 68.2. The smallest absolute Gasteiger partial charge is 0.320 e. The van der Waals surface area contributed by atoms with Gasteiger partial charge in [-0.3, -0.25) is 52.9 Å². The van der Waals surface area contributed by atoms with Crippen LogP contribution >= 0.6 is 0 Å². The number of nitrogens with two attached hydrogens (primary N) is 15. The molecule has 37 heteroatoms. The van der Waals surface area contributed by atoms with Gasteiger partial charge in [0.25, 0.3) is 0 Å². The molecule has 0 aliphatic heterocycles. The highest BCUT2D eigenvalue weighted by Crippen LogP contribution is 2.19. The summed E-state index contributed by atoms with van der Waals surface area (Å²) in [5.74, 6) is -8.92. The molecule has 0 aliphatic rings. The van der Waals surface area contributed by atoms with Crippen molar-refractivity contribution in [3.8, 4) is 0 Å². The molecule has 3 aromatic carbocycles. The zero-order chi connectivity index (χ0) is 84.6. The topological polar surface area (TPSA) is 791 Å². The van der Waals surface area contributed by atoms with Crippen LogP contribution in [0.15, 0.2) is 96.1 Å². The molecule has 1 aromatic heterocycles. The van der Waals surface area contributed by atoms with Gasteiger partial charge in [0, 0.05) is 30.1 Å².